The summed E-state index contributed by atoms with van der Waals surface area (Å²) in [6, 6.07) is -0.424. The third-order valence-corrected chi connectivity index (χ3v) is 1.91. The van der Waals surface area contributed by atoms with Crippen LogP contribution in [0.1, 0.15) is 6.42 Å². The van der Waals surface area contributed by atoms with E-state index in [1.165, 1.54) is 7.11 Å². The van der Waals surface area contributed by atoms with E-state index < -0.39 is 12.1 Å². The smallest absolute Gasteiger partial charge is 0.310 e. The van der Waals surface area contributed by atoms with Gasteiger partial charge in [-0.3, -0.25) is 4.79 Å². The van der Waals surface area contributed by atoms with Gasteiger partial charge in [-0.2, -0.15) is 0 Å². The fraction of sp³-hybridized carbons (Fsp3) is 0.833. The molecule has 0 aromatic rings. The van der Waals surface area contributed by atoms with Crippen molar-refractivity contribution in [3.63, 3.8) is 0 Å². The highest BCUT2D eigenvalue weighted by molar-refractivity contribution is 5.85. The Balaban J connectivity index is 0.000001000. The van der Waals surface area contributed by atoms with Gasteiger partial charge in [-0.05, 0) is 6.42 Å². The van der Waals surface area contributed by atoms with Gasteiger partial charge in [0.25, 0.3) is 0 Å². The molecule has 1 rings (SSSR count). The molecule has 3 atom stereocenters. The highest BCUT2D eigenvalue weighted by atomic mass is 35.5. The number of carbonyl (C=O) groups excluding carboxylic acids is 1. The Morgan fingerprint density at radius 2 is 2.27 bits per heavy atom. The molecule has 0 unspecified atom stereocenters. The van der Waals surface area contributed by atoms with E-state index in [-0.39, 0.29) is 24.3 Å². The normalized spacial score (nSPS) is 35.0. The van der Waals surface area contributed by atoms with Gasteiger partial charge < -0.3 is 15.6 Å². The number of rotatable bonds is 1. The molecule has 4 nitrogen and oxygen atoms in total. The van der Waals surface area contributed by atoms with Crippen molar-refractivity contribution in [2.24, 2.45) is 11.7 Å². The number of esters is 1. The molecule has 0 spiro atoms. The number of ether oxygens (including phenoxy) is 1. The number of hydrogen-bond donors (Lipinski definition) is 2. The Hall–Kier alpha value is -0.320. The van der Waals surface area contributed by atoms with E-state index in [9.17, 15) is 4.79 Å². The minimum atomic E-state index is -0.524. The molecule has 0 aromatic carbocycles. The van der Waals surface area contributed by atoms with Gasteiger partial charge in [0, 0.05) is 6.04 Å². The quantitative estimate of drug-likeness (QED) is 0.525. The van der Waals surface area contributed by atoms with Crippen molar-refractivity contribution in [2.75, 3.05) is 7.11 Å². The van der Waals surface area contributed by atoms with Gasteiger partial charge in [0.2, 0.25) is 0 Å². The van der Waals surface area contributed by atoms with Crippen LogP contribution in [0.25, 0.3) is 0 Å². The summed E-state index contributed by atoms with van der Waals surface area (Å²) in [5.41, 5.74) is 5.39. The molecule has 3 N–H and O–H groups in total. The van der Waals surface area contributed by atoms with Crippen molar-refractivity contribution < 1.29 is 14.6 Å². The van der Waals surface area contributed by atoms with E-state index in [1.807, 2.05) is 0 Å². The third kappa shape index (κ3) is 1.83. The molecule has 0 saturated heterocycles. The minimum Gasteiger partial charge on any atom is -0.469 e. The molecule has 1 saturated carbocycles. The zero-order valence-corrected chi connectivity index (χ0v) is 7.00. The summed E-state index contributed by atoms with van der Waals surface area (Å²) < 4.78 is 4.44. The lowest BCUT2D eigenvalue weighted by Crippen LogP contribution is -2.55. The number of methoxy groups -OCH3 is 1. The second kappa shape index (κ2) is 3.90. The standard InChI is InChI=1S/C6H11NO3.ClH/c1-10-6(9)3-2-4(8)5(3)7;/h3-5,8H,2,7H2,1H3;1H/t3-,4+,5-;/m1./s1. The second-order valence-electron chi connectivity index (χ2n) is 2.51. The second-order valence-corrected chi connectivity index (χ2v) is 2.51. The summed E-state index contributed by atoms with van der Waals surface area (Å²) in [6.45, 7) is 0. The van der Waals surface area contributed by atoms with Crippen LogP contribution in [0.2, 0.25) is 0 Å². The van der Waals surface area contributed by atoms with E-state index in [4.69, 9.17) is 10.8 Å². The zero-order valence-electron chi connectivity index (χ0n) is 6.19. The van der Waals surface area contributed by atoms with E-state index >= 15 is 0 Å². The lowest BCUT2D eigenvalue weighted by atomic mass is 9.77. The maximum absolute atomic E-state index is 10.7. The summed E-state index contributed by atoms with van der Waals surface area (Å²) in [4.78, 5) is 10.7. The largest absolute Gasteiger partial charge is 0.469 e. The first-order chi connectivity index (χ1) is 4.66. The van der Waals surface area contributed by atoms with Crippen LogP contribution in [0.15, 0.2) is 0 Å². The van der Waals surface area contributed by atoms with Gasteiger partial charge in [-0.25, -0.2) is 0 Å². The Morgan fingerprint density at radius 1 is 1.73 bits per heavy atom. The van der Waals surface area contributed by atoms with Crippen molar-refractivity contribution in [3.8, 4) is 0 Å². The van der Waals surface area contributed by atoms with E-state index in [0.29, 0.717) is 6.42 Å². The predicted molar refractivity (Wildman–Crippen MR) is 41.4 cm³/mol. The van der Waals surface area contributed by atoms with Gasteiger partial charge in [0.05, 0.1) is 19.1 Å². The van der Waals surface area contributed by atoms with Crippen LogP contribution in [0.3, 0.4) is 0 Å². The molecule has 0 aliphatic heterocycles. The van der Waals surface area contributed by atoms with Crippen LogP contribution in [0, 0.1) is 5.92 Å². The van der Waals surface area contributed by atoms with Gasteiger partial charge in [-0.1, -0.05) is 0 Å². The molecular formula is C6H12ClNO3. The molecule has 1 fully saturated rings. The van der Waals surface area contributed by atoms with E-state index in [1.54, 1.807) is 0 Å². The predicted octanol–water partition coefficient (Wildman–Crippen LogP) is -0.711. The first-order valence-corrected chi connectivity index (χ1v) is 3.18. The molecule has 0 heterocycles. The van der Waals surface area contributed by atoms with Crippen LogP contribution < -0.4 is 5.73 Å². The zero-order chi connectivity index (χ0) is 7.72. The maximum Gasteiger partial charge on any atom is 0.310 e. The summed E-state index contributed by atoms with van der Waals surface area (Å²) in [6.07, 6.45) is -0.0856. The van der Waals surface area contributed by atoms with Gasteiger partial charge >= 0.3 is 5.97 Å². The first kappa shape index (κ1) is 10.7. The van der Waals surface area contributed by atoms with E-state index in [0.717, 1.165) is 0 Å². The minimum absolute atomic E-state index is 0. The lowest BCUT2D eigenvalue weighted by Gasteiger charge is -2.36. The summed E-state index contributed by atoms with van der Waals surface area (Å²) in [5.74, 6) is -0.613. The van der Waals surface area contributed by atoms with E-state index in [2.05, 4.69) is 4.74 Å². The highest BCUT2D eigenvalue weighted by Crippen LogP contribution is 2.26. The molecule has 0 radical (unpaired) electrons. The van der Waals surface area contributed by atoms with Gasteiger partial charge in [0.15, 0.2) is 0 Å². The van der Waals surface area contributed by atoms with Gasteiger partial charge in [-0.15, -0.1) is 12.4 Å². The fourth-order valence-electron chi connectivity index (χ4n) is 1.05. The molecule has 1 aliphatic rings. The number of nitrogens with two attached hydrogens (primary N) is 1. The van der Waals surface area contributed by atoms with Crippen molar-refractivity contribution >= 4 is 18.4 Å². The maximum atomic E-state index is 10.7. The summed E-state index contributed by atoms with van der Waals surface area (Å²) >= 11 is 0. The Labute approximate surface area is 71.1 Å². The number of carbonyl (C=O) groups is 1. The average Bonchev–Trinajstić information content (AvgIpc) is 1.98. The van der Waals surface area contributed by atoms with Crippen LogP contribution in [-0.4, -0.2) is 30.3 Å². The van der Waals surface area contributed by atoms with Crippen LogP contribution in [-0.2, 0) is 9.53 Å². The highest BCUT2D eigenvalue weighted by Gasteiger charge is 2.42. The lowest BCUT2D eigenvalue weighted by molar-refractivity contribution is -0.154. The monoisotopic (exact) mass is 181 g/mol. The van der Waals surface area contributed by atoms with Gasteiger partial charge in [0.1, 0.15) is 0 Å². The Morgan fingerprint density at radius 3 is 2.55 bits per heavy atom. The summed E-state index contributed by atoms with van der Waals surface area (Å²) in [7, 11) is 1.32. The molecule has 0 bridgehead atoms. The molecule has 11 heavy (non-hydrogen) atoms. The molecule has 0 aromatic heterocycles. The van der Waals surface area contributed by atoms with Crippen LogP contribution in [0.5, 0.6) is 0 Å². The van der Waals surface area contributed by atoms with Crippen molar-refractivity contribution in [1.29, 1.82) is 0 Å². The first-order valence-electron chi connectivity index (χ1n) is 3.18. The summed E-state index contributed by atoms with van der Waals surface area (Å²) in [5, 5.41) is 8.90. The van der Waals surface area contributed by atoms with Crippen molar-refractivity contribution in [3.05, 3.63) is 0 Å². The Bertz CT molecular complexity index is 153. The van der Waals surface area contributed by atoms with Crippen molar-refractivity contribution in [1.82, 2.24) is 0 Å². The number of aliphatic hydroxyl groups excluding tert-OH is 1. The fourth-order valence-corrected chi connectivity index (χ4v) is 1.05. The SMILES string of the molecule is COC(=O)[C@@H]1C[C@H](O)[C@@H]1N.Cl. The number of hydrogen-bond acceptors (Lipinski definition) is 4. The van der Waals surface area contributed by atoms with Crippen LogP contribution in [0.4, 0.5) is 0 Å². The third-order valence-electron chi connectivity index (χ3n) is 1.91. The Kier molecular flexibility index (Phi) is 3.78. The topological polar surface area (TPSA) is 72.5 Å². The average molecular weight is 182 g/mol. The molecule has 5 heteroatoms. The molecule has 66 valence electrons. The molecule has 1 aliphatic carbocycles. The number of halogens is 1. The molecular weight excluding hydrogens is 170 g/mol. The molecule has 0 amide bonds. The van der Waals surface area contributed by atoms with Crippen molar-refractivity contribution in [2.45, 2.75) is 18.6 Å². The number of aliphatic hydroxyl groups is 1. The van der Waals surface area contributed by atoms with Crippen LogP contribution >= 0.6 is 12.4 Å².